The van der Waals surface area contributed by atoms with Crippen LogP contribution in [0.3, 0.4) is 0 Å². The van der Waals surface area contributed by atoms with Crippen molar-refractivity contribution >= 4 is 8.32 Å². The fourth-order valence-corrected chi connectivity index (χ4v) is 2.98. The summed E-state index contributed by atoms with van der Waals surface area (Å²) in [7, 11) is -1.68. The number of ether oxygens (including phenoxy) is 2. The number of hydrogen-bond donors (Lipinski definition) is 0. The van der Waals surface area contributed by atoms with Gasteiger partial charge in [0.25, 0.3) is 0 Å². The van der Waals surface area contributed by atoms with Gasteiger partial charge in [-0.2, -0.15) is 0 Å². The lowest BCUT2D eigenvalue weighted by atomic mass is 10.1. The molecule has 18 heavy (non-hydrogen) atoms. The van der Waals surface area contributed by atoms with E-state index in [4.69, 9.17) is 13.9 Å². The van der Waals surface area contributed by atoms with Crippen molar-refractivity contribution in [1.82, 2.24) is 0 Å². The molecule has 0 radical (unpaired) electrons. The molecule has 1 rings (SSSR count). The Morgan fingerprint density at radius 2 is 1.89 bits per heavy atom. The van der Waals surface area contributed by atoms with Crippen LogP contribution in [0.4, 0.5) is 0 Å². The van der Waals surface area contributed by atoms with Crippen molar-refractivity contribution in [2.24, 2.45) is 0 Å². The van der Waals surface area contributed by atoms with Crippen LogP contribution in [-0.2, 0) is 13.9 Å². The topological polar surface area (TPSA) is 27.7 Å². The smallest absolute Gasteiger partial charge is 0.192 e. The molecule has 0 amide bonds. The molecule has 1 aliphatic heterocycles. The molecule has 3 nitrogen and oxygen atoms in total. The molecular formula is C14H30O3Si. The first-order valence-electron chi connectivity index (χ1n) is 7.08. The van der Waals surface area contributed by atoms with E-state index in [2.05, 4.69) is 40.8 Å². The second kappa shape index (κ2) is 6.03. The Morgan fingerprint density at radius 3 is 2.39 bits per heavy atom. The molecule has 0 saturated carbocycles. The Bertz CT molecular complexity index is 260. The molecule has 0 bridgehead atoms. The zero-order valence-corrected chi connectivity index (χ0v) is 14.1. The fourth-order valence-electron chi connectivity index (χ4n) is 1.96. The summed E-state index contributed by atoms with van der Waals surface area (Å²) in [6.07, 6.45) is 1.58. The lowest BCUT2D eigenvalue weighted by Gasteiger charge is -2.37. The summed E-state index contributed by atoms with van der Waals surface area (Å²) in [5, 5.41) is 0.248. The zero-order chi connectivity index (χ0) is 14.0. The van der Waals surface area contributed by atoms with Crippen LogP contribution in [-0.4, -0.2) is 39.8 Å². The van der Waals surface area contributed by atoms with Gasteiger partial charge in [-0.25, -0.2) is 0 Å². The predicted molar refractivity (Wildman–Crippen MR) is 77.5 cm³/mol. The molecule has 0 aliphatic carbocycles. The second-order valence-corrected chi connectivity index (χ2v) is 11.6. The van der Waals surface area contributed by atoms with Gasteiger partial charge in [-0.3, -0.25) is 0 Å². The summed E-state index contributed by atoms with van der Waals surface area (Å²) in [5.74, 6) is 0. The van der Waals surface area contributed by atoms with E-state index in [1.54, 1.807) is 0 Å². The minimum atomic E-state index is -1.68. The van der Waals surface area contributed by atoms with Crippen LogP contribution >= 0.6 is 0 Å². The fraction of sp³-hybridized carbons (Fsp3) is 1.00. The van der Waals surface area contributed by atoms with Crippen LogP contribution in [0.1, 0.15) is 41.0 Å². The van der Waals surface area contributed by atoms with E-state index in [0.717, 1.165) is 13.0 Å². The van der Waals surface area contributed by atoms with Gasteiger partial charge in [0.15, 0.2) is 8.32 Å². The Morgan fingerprint density at radius 1 is 1.28 bits per heavy atom. The van der Waals surface area contributed by atoms with Gasteiger partial charge in [-0.15, -0.1) is 0 Å². The minimum absolute atomic E-state index is 0.106. The molecule has 0 aromatic carbocycles. The van der Waals surface area contributed by atoms with Gasteiger partial charge < -0.3 is 13.9 Å². The molecule has 0 N–H and O–H groups in total. The van der Waals surface area contributed by atoms with Crippen molar-refractivity contribution in [3.05, 3.63) is 0 Å². The number of hydrogen-bond acceptors (Lipinski definition) is 3. The molecule has 1 saturated heterocycles. The monoisotopic (exact) mass is 274 g/mol. The summed E-state index contributed by atoms with van der Waals surface area (Å²) >= 11 is 0. The average molecular weight is 274 g/mol. The third-order valence-electron chi connectivity index (χ3n) is 4.18. The maximum atomic E-state index is 6.24. The van der Waals surface area contributed by atoms with Gasteiger partial charge >= 0.3 is 0 Å². The molecule has 2 unspecified atom stereocenters. The minimum Gasteiger partial charge on any atom is -0.414 e. The van der Waals surface area contributed by atoms with Crippen LogP contribution in [0.2, 0.25) is 18.1 Å². The SMILES string of the molecule is CCOC1CC(C)O[C@@H]1CO[Si](C)(C)C(C)(C)C. The Labute approximate surface area is 113 Å². The highest BCUT2D eigenvalue weighted by Gasteiger charge is 2.40. The summed E-state index contributed by atoms with van der Waals surface area (Å²) < 4.78 is 17.9. The third-order valence-corrected chi connectivity index (χ3v) is 8.68. The standard InChI is InChI=1S/C14H30O3Si/c1-8-15-12-9-11(2)17-13(12)10-16-18(6,7)14(3,4)5/h11-13H,8-10H2,1-7H3/t11?,12?,13-/m1/s1. The highest BCUT2D eigenvalue weighted by atomic mass is 28.4. The van der Waals surface area contributed by atoms with E-state index in [1.165, 1.54) is 0 Å². The van der Waals surface area contributed by atoms with Gasteiger partial charge in [0, 0.05) is 13.0 Å². The molecule has 0 aromatic rings. The van der Waals surface area contributed by atoms with Crippen LogP contribution in [0, 0.1) is 0 Å². The van der Waals surface area contributed by atoms with E-state index in [1.807, 2.05) is 6.92 Å². The van der Waals surface area contributed by atoms with E-state index < -0.39 is 8.32 Å². The largest absolute Gasteiger partial charge is 0.414 e. The van der Waals surface area contributed by atoms with E-state index in [9.17, 15) is 0 Å². The Balaban J connectivity index is 2.52. The summed E-state index contributed by atoms with van der Waals surface area (Å²) in [6, 6.07) is 0. The maximum Gasteiger partial charge on any atom is 0.192 e. The first kappa shape index (κ1) is 16.2. The van der Waals surface area contributed by atoms with Gasteiger partial charge in [-0.1, -0.05) is 20.8 Å². The zero-order valence-electron chi connectivity index (χ0n) is 13.1. The second-order valence-electron chi connectivity index (χ2n) is 6.79. The predicted octanol–water partition coefficient (Wildman–Crippen LogP) is 3.59. The van der Waals surface area contributed by atoms with Crippen LogP contribution in [0.5, 0.6) is 0 Å². The van der Waals surface area contributed by atoms with Crippen LogP contribution < -0.4 is 0 Å². The van der Waals surface area contributed by atoms with E-state index in [0.29, 0.717) is 6.61 Å². The van der Waals surface area contributed by atoms with Gasteiger partial charge in [-0.05, 0) is 32.0 Å². The summed E-state index contributed by atoms with van der Waals surface area (Å²) in [6.45, 7) is 16.9. The van der Waals surface area contributed by atoms with Gasteiger partial charge in [0.2, 0.25) is 0 Å². The Kier molecular flexibility index (Phi) is 5.41. The molecule has 0 aromatic heterocycles. The van der Waals surface area contributed by atoms with Crippen LogP contribution in [0.15, 0.2) is 0 Å². The van der Waals surface area contributed by atoms with E-state index in [-0.39, 0.29) is 23.4 Å². The lowest BCUT2D eigenvalue weighted by Crippen LogP contribution is -2.44. The van der Waals surface area contributed by atoms with Crippen molar-refractivity contribution in [1.29, 1.82) is 0 Å². The highest BCUT2D eigenvalue weighted by Crippen LogP contribution is 2.37. The molecule has 0 spiro atoms. The molecule has 4 heteroatoms. The van der Waals surface area contributed by atoms with Crippen molar-refractivity contribution in [3.63, 3.8) is 0 Å². The van der Waals surface area contributed by atoms with Crippen molar-refractivity contribution in [2.45, 2.75) is 77.5 Å². The molecule has 1 fully saturated rings. The maximum absolute atomic E-state index is 6.24. The molecular weight excluding hydrogens is 244 g/mol. The highest BCUT2D eigenvalue weighted by molar-refractivity contribution is 6.74. The van der Waals surface area contributed by atoms with Crippen LogP contribution in [0.25, 0.3) is 0 Å². The Hall–Kier alpha value is 0.0969. The molecule has 108 valence electrons. The lowest BCUT2D eigenvalue weighted by molar-refractivity contribution is -0.0386. The van der Waals surface area contributed by atoms with Gasteiger partial charge in [0.1, 0.15) is 6.10 Å². The van der Waals surface area contributed by atoms with Crippen molar-refractivity contribution in [2.75, 3.05) is 13.2 Å². The average Bonchev–Trinajstić information content (AvgIpc) is 2.55. The third kappa shape index (κ3) is 4.05. The van der Waals surface area contributed by atoms with Crippen molar-refractivity contribution < 1.29 is 13.9 Å². The summed E-state index contributed by atoms with van der Waals surface area (Å²) in [4.78, 5) is 0. The number of rotatable bonds is 5. The quantitative estimate of drug-likeness (QED) is 0.717. The molecule has 1 heterocycles. The molecule has 1 aliphatic rings. The normalized spacial score (nSPS) is 29.8. The first-order valence-corrected chi connectivity index (χ1v) is 9.99. The molecule has 3 atom stereocenters. The van der Waals surface area contributed by atoms with Gasteiger partial charge in [0.05, 0.1) is 18.8 Å². The first-order chi connectivity index (χ1) is 8.17. The van der Waals surface area contributed by atoms with Crippen molar-refractivity contribution in [3.8, 4) is 0 Å². The summed E-state index contributed by atoms with van der Waals surface area (Å²) in [5.41, 5.74) is 0. The van der Waals surface area contributed by atoms with E-state index >= 15 is 0 Å².